The molecule has 0 spiro atoms. The van der Waals surface area contributed by atoms with Gasteiger partial charge in [-0.2, -0.15) is 0 Å². The van der Waals surface area contributed by atoms with Crippen LogP contribution in [0, 0.1) is 33.8 Å². The molecule has 2 heterocycles. The van der Waals surface area contributed by atoms with Crippen LogP contribution in [0.15, 0.2) is 89.2 Å². The molecule has 5 heteroatoms. The number of aliphatic hydroxyl groups is 1. The first kappa shape index (κ1) is 29.8. The Morgan fingerprint density at radius 1 is 0.897 bits per heavy atom. The summed E-state index contributed by atoms with van der Waals surface area (Å²) in [6, 6.07) is 26.7. The number of allylic oxidation sites excluding steroid dienone is 2. The van der Waals surface area contributed by atoms with Crippen LogP contribution in [-0.4, -0.2) is 15.9 Å². The van der Waals surface area contributed by atoms with E-state index in [1.807, 2.05) is 12.3 Å². The molecule has 3 aromatic carbocycles. The largest absolute Gasteiger partial charge is 0.512 e. The Bertz CT molecular complexity index is 1600. The second-order valence-electron chi connectivity index (χ2n) is 9.71. The average Bonchev–Trinajstić information content (AvgIpc) is 3.27. The minimum atomic E-state index is -0.125. The summed E-state index contributed by atoms with van der Waals surface area (Å²) < 4.78 is 6.22. The molecule has 0 fully saturated rings. The molecule has 1 N–H and O–H groups in total. The Balaban J connectivity index is 0.000000468. The molecule has 0 aliphatic heterocycles. The molecule has 39 heavy (non-hydrogen) atoms. The number of furan rings is 1. The van der Waals surface area contributed by atoms with Crippen molar-refractivity contribution in [2.24, 2.45) is 0 Å². The Kier molecular flexibility index (Phi) is 9.80. The average molecular weight is 695 g/mol. The zero-order valence-electron chi connectivity index (χ0n) is 23.0. The summed E-state index contributed by atoms with van der Waals surface area (Å²) in [7, 11) is 0. The Morgan fingerprint density at radius 3 is 2.10 bits per heavy atom. The smallest absolute Gasteiger partial charge is 0.155 e. The molecule has 5 rings (SSSR count). The summed E-state index contributed by atoms with van der Waals surface area (Å²) >= 11 is 0. The van der Waals surface area contributed by atoms with Crippen molar-refractivity contribution in [2.45, 2.75) is 41.5 Å². The molecule has 5 aromatic rings. The van der Waals surface area contributed by atoms with E-state index in [0.717, 1.165) is 39.1 Å². The monoisotopic (exact) mass is 695 g/mol. The minimum absolute atomic E-state index is 0. The van der Waals surface area contributed by atoms with Gasteiger partial charge in [-0.3, -0.25) is 4.79 Å². The van der Waals surface area contributed by atoms with Crippen LogP contribution in [0.25, 0.3) is 44.7 Å². The summed E-state index contributed by atoms with van der Waals surface area (Å²) in [6.07, 6.45) is 3.05. The summed E-state index contributed by atoms with van der Waals surface area (Å²) in [5.41, 5.74) is 11.2. The summed E-state index contributed by atoms with van der Waals surface area (Å²) in [6.45, 7) is 11.3. The fraction of sp³-hybridized carbons (Fsp3) is 0.176. The Hall–Kier alpha value is -3.79. The number of rotatable bonds is 4. The van der Waals surface area contributed by atoms with Gasteiger partial charge in [0.2, 0.25) is 0 Å². The predicted octanol–water partition coefficient (Wildman–Crippen LogP) is 8.90. The van der Waals surface area contributed by atoms with E-state index < -0.39 is 0 Å². The number of aryl methyl sites for hydroxylation is 4. The number of hydrogen-bond acceptors (Lipinski definition) is 4. The number of nitrogens with zero attached hydrogens (tertiary/aromatic N) is 1. The van der Waals surface area contributed by atoms with Crippen LogP contribution in [0.1, 0.15) is 36.1 Å². The minimum Gasteiger partial charge on any atom is -0.512 e. The number of fused-ring (bicyclic) bond motifs is 1. The SMILES string of the molecule is CC(=O)/C=C(/C)O.Cc1[c-]c(-c2cc3oc(-c4ccc(-c5c(C)cccc5C)cc4)cc3cn2)cc(C)c1.[Ir]. The third-order valence-electron chi connectivity index (χ3n) is 6.18. The van der Waals surface area contributed by atoms with Gasteiger partial charge < -0.3 is 14.5 Å². The van der Waals surface area contributed by atoms with E-state index in [1.54, 1.807) is 0 Å². The zero-order valence-corrected chi connectivity index (χ0v) is 25.4. The van der Waals surface area contributed by atoms with Crippen molar-refractivity contribution in [3.8, 4) is 33.7 Å². The van der Waals surface area contributed by atoms with Crippen LogP contribution < -0.4 is 0 Å². The molecule has 0 saturated heterocycles. The first-order chi connectivity index (χ1) is 18.1. The van der Waals surface area contributed by atoms with E-state index in [1.165, 1.54) is 47.7 Å². The number of benzene rings is 3. The van der Waals surface area contributed by atoms with Gasteiger partial charge in [0, 0.05) is 43.3 Å². The standard InChI is InChI=1S/C29H24NO.C5H8O2.Ir/c1-18-12-19(2)14-24(13-18)26-16-28-25(17-30-26)15-27(31-28)22-8-10-23(11-9-22)29-20(3)6-5-7-21(29)4;1-4(6)3-5(2)7;/h5-13,15-17H,1-4H3;3,6H,1-2H3;/q-1;;/b;4-3-;. The molecule has 2 aromatic heterocycles. The fourth-order valence-corrected chi connectivity index (χ4v) is 4.62. The van der Waals surface area contributed by atoms with Crippen LogP contribution in [0.5, 0.6) is 0 Å². The van der Waals surface area contributed by atoms with Gasteiger partial charge >= 0.3 is 0 Å². The maximum absolute atomic E-state index is 10.0. The van der Waals surface area contributed by atoms with Gasteiger partial charge in [-0.05, 0) is 67.8 Å². The van der Waals surface area contributed by atoms with Gasteiger partial charge in [-0.1, -0.05) is 56.3 Å². The van der Waals surface area contributed by atoms with Crippen molar-refractivity contribution < 1.29 is 34.4 Å². The number of carbonyl (C=O) groups is 1. The predicted molar refractivity (Wildman–Crippen MR) is 155 cm³/mol. The van der Waals surface area contributed by atoms with Crippen molar-refractivity contribution in [2.75, 3.05) is 0 Å². The molecular weight excluding hydrogens is 663 g/mol. The van der Waals surface area contributed by atoms with E-state index in [4.69, 9.17) is 9.52 Å². The van der Waals surface area contributed by atoms with Gasteiger partial charge in [-0.15, -0.1) is 34.9 Å². The van der Waals surface area contributed by atoms with Gasteiger partial charge in [0.15, 0.2) is 5.78 Å². The third kappa shape index (κ3) is 7.41. The van der Waals surface area contributed by atoms with Crippen molar-refractivity contribution >= 4 is 16.8 Å². The maximum atomic E-state index is 10.0. The quantitative estimate of drug-likeness (QED) is 0.116. The van der Waals surface area contributed by atoms with Crippen molar-refractivity contribution in [3.63, 3.8) is 0 Å². The molecule has 0 aliphatic rings. The molecule has 201 valence electrons. The van der Waals surface area contributed by atoms with Crippen molar-refractivity contribution in [3.05, 3.63) is 113 Å². The van der Waals surface area contributed by atoms with Crippen molar-refractivity contribution in [1.82, 2.24) is 4.98 Å². The summed E-state index contributed by atoms with van der Waals surface area (Å²) in [5, 5.41) is 9.36. The molecule has 1 radical (unpaired) electrons. The van der Waals surface area contributed by atoms with Crippen LogP contribution in [0.2, 0.25) is 0 Å². The fourth-order valence-electron chi connectivity index (χ4n) is 4.62. The molecular formula is C34H32IrNO3-. The van der Waals surface area contributed by atoms with Gasteiger partial charge in [-0.25, -0.2) is 0 Å². The Labute approximate surface area is 243 Å². The first-order valence-corrected chi connectivity index (χ1v) is 12.6. The van der Waals surface area contributed by atoms with E-state index >= 15 is 0 Å². The second-order valence-corrected chi connectivity index (χ2v) is 9.71. The summed E-state index contributed by atoms with van der Waals surface area (Å²) in [5.74, 6) is 0.791. The summed E-state index contributed by atoms with van der Waals surface area (Å²) in [4.78, 5) is 14.7. The number of ketones is 1. The van der Waals surface area contributed by atoms with E-state index in [2.05, 4.69) is 99.4 Å². The molecule has 0 atom stereocenters. The molecule has 0 unspecified atom stereocenters. The number of hydrogen-bond donors (Lipinski definition) is 1. The molecule has 4 nitrogen and oxygen atoms in total. The number of aromatic nitrogens is 1. The molecule has 0 saturated carbocycles. The molecule has 0 aliphatic carbocycles. The normalized spacial score (nSPS) is 11.0. The van der Waals surface area contributed by atoms with Crippen LogP contribution in [0.4, 0.5) is 0 Å². The molecule has 0 amide bonds. The van der Waals surface area contributed by atoms with E-state index in [9.17, 15) is 4.79 Å². The second kappa shape index (κ2) is 12.8. The van der Waals surface area contributed by atoms with Crippen LogP contribution >= 0.6 is 0 Å². The van der Waals surface area contributed by atoms with Gasteiger partial charge in [0.1, 0.15) is 11.3 Å². The Morgan fingerprint density at radius 2 is 1.54 bits per heavy atom. The third-order valence-corrected chi connectivity index (χ3v) is 6.18. The maximum Gasteiger partial charge on any atom is 0.155 e. The zero-order chi connectivity index (χ0) is 27.4. The first-order valence-electron chi connectivity index (χ1n) is 12.6. The van der Waals surface area contributed by atoms with Gasteiger partial charge in [0.25, 0.3) is 0 Å². The van der Waals surface area contributed by atoms with Crippen LogP contribution in [-0.2, 0) is 24.9 Å². The number of pyridine rings is 1. The van der Waals surface area contributed by atoms with E-state index in [-0.39, 0.29) is 31.6 Å². The number of carbonyl (C=O) groups excluding carboxylic acids is 1. The topological polar surface area (TPSA) is 63.3 Å². The van der Waals surface area contributed by atoms with Crippen LogP contribution in [0.3, 0.4) is 0 Å². The van der Waals surface area contributed by atoms with Gasteiger partial charge in [0.05, 0.1) is 5.76 Å². The molecule has 0 bridgehead atoms. The number of aliphatic hydroxyl groups excluding tert-OH is 1. The van der Waals surface area contributed by atoms with Crippen molar-refractivity contribution in [1.29, 1.82) is 0 Å². The van der Waals surface area contributed by atoms with E-state index in [0.29, 0.717) is 0 Å².